The van der Waals surface area contributed by atoms with E-state index in [0.717, 1.165) is 15.6 Å². The molecule has 9 heteroatoms. The smallest absolute Gasteiger partial charge is 0.338 e. The number of fused-ring (bicyclic) bond motifs is 1. The molecule has 0 radical (unpaired) electrons. The van der Waals surface area contributed by atoms with Gasteiger partial charge >= 0.3 is 5.97 Å². The van der Waals surface area contributed by atoms with Gasteiger partial charge in [0, 0.05) is 11.0 Å². The van der Waals surface area contributed by atoms with Crippen molar-refractivity contribution in [3.8, 4) is 5.75 Å². The molecular formula is C30H28N2O5S2. The van der Waals surface area contributed by atoms with Gasteiger partial charge in [-0.1, -0.05) is 53.4 Å². The number of carbonyl (C=O) groups is 1. The predicted octanol–water partition coefficient (Wildman–Crippen LogP) is 5.33. The van der Waals surface area contributed by atoms with Crippen molar-refractivity contribution in [3.05, 3.63) is 109 Å². The zero-order chi connectivity index (χ0) is 27.5. The summed E-state index contributed by atoms with van der Waals surface area (Å²) in [5, 5.41) is 0.724. The van der Waals surface area contributed by atoms with Gasteiger partial charge < -0.3 is 13.9 Å². The van der Waals surface area contributed by atoms with Crippen LogP contribution in [0.1, 0.15) is 45.1 Å². The Morgan fingerprint density at radius 1 is 1.13 bits per heavy atom. The lowest BCUT2D eigenvalue weighted by molar-refractivity contribution is -0.139. The standard InChI is InChI=1S/C30H28N2O5S2/c1-5-35-29(34)26-19(4)31-30-32(27(26)20-11-13-21(14-12-20)36-18(2)3)28(33)24(39-30)17-22-15-16-25(37-22)38-23-9-7-6-8-10-23/h6-18,27H,5H2,1-4H3/b24-17+/t27-/m0/s1. The molecule has 5 rings (SSSR count). The minimum Gasteiger partial charge on any atom is -0.491 e. The number of benzene rings is 2. The first-order chi connectivity index (χ1) is 18.8. The van der Waals surface area contributed by atoms with Crippen molar-refractivity contribution < 1.29 is 18.7 Å². The second-order valence-corrected chi connectivity index (χ2v) is 11.2. The summed E-state index contributed by atoms with van der Waals surface area (Å²) < 4.78 is 19.2. The van der Waals surface area contributed by atoms with Crippen molar-refractivity contribution >= 4 is 35.1 Å². The summed E-state index contributed by atoms with van der Waals surface area (Å²) in [4.78, 5) is 33.1. The highest BCUT2D eigenvalue weighted by atomic mass is 32.2. The van der Waals surface area contributed by atoms with Crippen LogP contribution in [0.4, 0.5) is 0 Å². The average molecular weight is 561 g/mol. The van der Waals surface area contributed by atoms with Crippen LogP contribution in [-0.4, -0.2) is 23.2 Å². The van der Waals surface area contributed by atoms with Crippen LogP contribution in [0.3, 0.4) is 0 Å². The van der Waals surface area contributed by atoms with Crippen molar-refractivity contribution in [2.24, 2.45) is 4.99 Å². The number of rotatable bonds is 8. The Kier molecular flexibility index (Phi) is 7.90. The third-order valence-corrected chi connectivity index (χ3v) is 7.83. The predicted molar refractivity (Wildman–Crippen MR) is 152 cm³/mol. The van der Waals surface area contributed by atoms with E-state index in [0.29, 0.717) is 32.1 Å². The number of allylic oxidation sites excluding steroid dienone is 1. The van der Waals surface area contributed by atoms with E-state index in [9.17, 15) is 9.59 Å². The summed E-state index contributed by atoms with van der Waals surface area (Å²) in [5.74, 6) is 0.780. The zero-order valence-corrected chi connectivity index (χ0v) is 23.7. The van der Waals surface area contributed by atoms with Crippen LogP contribution in [-0.2, 0) is 9.53 Å². The third kappa shape index (κ3) is 5.79. The van der Waals surface area contributed by atoms with E-state index in [1.165, 1.54) is 23.1 Å². The van der Waals surface area contributed by atoms with Crippen molar-refractivity contribution in [3.63, 3.8) is 0 Å². The molecule has 0 amide bonds. The second-order valence-electron chi connectivity index (χ2n) is 9.11. The molecule has 4 aromatic rings. The summed E-state index contributed by atoms with van der Waals surface area (Å²) in [6, 6.07) is 20.4. The van der Waals surface area contributed by atoms with E-state index in [4.69, 9.17) is 13.9 Å². The van der Waals surface area contributed by atoms with Crippen LogP contribution < -0.4 is 19.6 Å². The summed E-state index contributed by atoms with van der Waals surface area (Å²) in [7, 11) is 0. The molecule has 0 spiro atoms. The number of carbonyl (C=O) groups excluding carboxylic acids is 1. The van der Waals surface area contributed by atoms with E-state index >= 15 is 0 Å². The molecule has 2 aromatic carbocycles. The first-order valence-electron chi connectivity index (χ1n) is 12.6. The Labute approximate surface area is 234 Å². The van der Waals surface area contributed by atoms with Crippen LogP contribution in [0.25, 0.3) is 6.08 Å². The fourth-order valence-corrected chi connectivity index (χ4v) is 6.13. The summed E-state index contributed by atoms with van der Waals surface area (Å²) in [5.41, 5.74) is 1.37. The van der Waals surface area contributed by atoms with E-state index in [1.54, 1.807) is 24.5 Å². The largest absolute Gasteiger partial charge is 0.491 e. The minimum atomic E-state index is -0.684. The lowest BCUT2D eigenvalue weighted by Crippen LogP contribution is -2.39. The zero-order valence-electron chi connectivity index (χ0n) is 22.0. The molecule has 0 unspecified atom stereocenters. The molecule has 39 heavy (non-hydrogen) atoms. The van der Waals surface area contributed by atoms with E-state index in [2.05, 4.69) is 4.99 Å². The van der Waals surface area contributed by atoms with Crippen molar-refractivity contribution in [1.29, 1.82) is 0 Å². The lowest BCUT2D eigenvalue weighted by atomic mass is 9.96. The highest BCUT2D eigenvalue weighted by Gasteiger charge is 2.33. The molecule has 0 fully saturated rings. The Balaban J connectivity index is 1.56. The van der Waals surface area contributed by atoms with Crippen molar-refractivity contribution in [2.75, 3.05) is 6.61 Å². The Morgan fingerprint density at radius 2 is 1.87 bits per heavy atom. The number of nitrogens with zero attached hydrogens (tertiary/aromatic N) is 2. The number of esters is 1. The molecule has 1 atom stereocenters. The van der Waals surface area contributed by atoms with Gasteiger partial charge in [0.05, 0.1) is 34.6 Å². The fraction of sp³-hybridized carbons (Fsp3) is 0.233. The molecule has 2 aromatic heterocycles. The number of ether oxygens (including phenoxy) is 2. The maximum atomic E-state index is 13.8. The normalized spacial score (nSPS) is 15.3. The Hall–Kier alpha value is -3.82. The molecule has 1 aliphatic heterocycles. The van der Waals surface area contributed by atoms with Crippen LogP contribution >= 0.6 is 23.1 Å². The maximum absolute atomic E-state index is 13.8. The average Bonchev–Trinajstić information content (AvgIpc) is 3.47. The highest BCUT2D eigenvalue weighted by molar-refractivity contribution is 7.99. The van der Waals surface area contributed by atoms with E-state index in [-0.39, 0.29) is 18.3 Å². The molecule has 0 bridgehead atoms. The molecule has 0 saturated carbocycles. The van der Waals surface area contributed by atoms with Crippen molar-refractivity contribution in [1.82, 2.24) is 4.57 Å². The minimum absolute atomic E-state index is 0.0268. The number of aromatic nitrogens is 1. The third-order valence-electron chi connectivity index (χ3n) is 5.92. The molecule has 3 heterocycles. The van der Waals surface area contributed by atoms with Gasteiger partial charge in [-0.2, -0.15) is 0 Å². The van der Waals surface area contributed by atoms with Crippen LogP contribution in [0, 0.1) is 0 Å². The Bertz CT molecular complexity index is 1700. The topological polar surface area (TPSA) is 83.0 Å². The quantitative estimate of drug-likeness (QED) is 0.271. The van der Waals surface area contributed by atoms with Gasteiger partial charge in [0.25, 0.3) is 5.56 Å². The molecule has 1 aliphatic rings. The van der Waals surface area contributed by atoms with Gasteiger partial charge in [-0.25, -0.2) is 9.79 Å². The maximum Gasteiger partial charge on any atom is 0.338 e. The van der Waals surface area contributed by atoms with Gasteiger partial charge in [0.15, 0.2) is 9.89 Å². The highest BCUT2D eigenvalue weighted by Crippen LogP contribution is 2.32. The summed E-state index contributed by atoms with van der Waals surface area (Å²) >= 11 is 2.77. The summed E-state index contributed by atoms with van der Waals surface area (Å²) in [6.45, 7) is 7.66. The van der Waals surface area contributed by atoms with Gasteiger partial charge in [0.2, 0.25) is 0 Å². The molecule has 0 aliphatic carbocycles. The second kappa shape index (κ2) is 11.5. The number of hydrogen-bond donors (Lipinski definition) is 0. The van der Waals surface area contributed by atoms with E-state index in [1.807, 2.05) is 80.6 Å². The molecule has 200 valence electrons. The molecule has 0 N–H and O–H groups in total. The molecule has 0 saturated heterocycles. The van der Waals surface area contributed by atoms with E-state index < -0.39 is 12.0 Å². The SMILES string of the molecule is CCOC(=O)C1=C(C)N=c2s/c(=C/c3ccc(Sc4ccccc4)o3)c(=O)n2[C@H]1c1ccc(OC(C)C)cc1. The fourth-order valence-electron chi connectivity index (χ4n) is 4.31. The van der Waals surface area contributed by atoms with Crippen LogP contribution in [0.5, 0.6) is 5.75 Å². The van der Waals surface area contributed by atoms with Gasteiger partial charge in [0.1, 0.15) is 11.5 Å². The molecular weight excluding hydrogens is 532 g/mol. The lowest BCUT2D eigenvalue weighted by Gasteiger charge is -2.25. The van der Waals surface area contributed by atoms with Crippen molar-refractivity contribution in [2.45, 2.75) is 49.8 Å². The first-order valence-corrected chi connectivity index (χ1v) is 14.3. The van der Waals surface area contributed by atoms with Crippen LogP contribution in [0.2, 0.25) is 0 Å². The number of thiazole rings is 1. The number of furan rings is 1. The summed E-state index contributed by atoms with van der Waals surface area (Å²) in [6.07, 6.45) is 1.75. The van der Waals surface area contributed by atoms with Gasteiger partial charge in [-0.15, -0.1) is 0 Å². The first kappa shape index (κ1) is 26.8. The Morgan fingerprint density at radius 3 is 2.56 bits per heavy atom. The molecule has 7 nitrogen and oxygen atoms in total. The van der Waals surface area contributed by atoms with Crippen LogP contribution in [0.15, 0.2) is 102 Å². The number of hydrogen-bond acceptors (Lipinski definition) is 8. The van der Waals surface area contributed by atoms with Gasteiger partial charge in [-0.05, 0) is 69.7 Å². The van der Waals surface area contributed by atoms with Gasteiger partial charge in [-0.3, -0.25) is 9.36 Å². The monoisotopic (exact) mass is 560 g/mol.